The number of fused-ring (bicyclic) bond motifs is 1. The number of hydrogen-bond acceptors (Lipinski definition) is 4. The molecule has 1 aliphatic heterocycles. The zero-order chi connectivity index (χ0) is 11.4. The zero-order valence-electron chi connectivity index (χ0n) is 9.49. The van der Waals surface area contributed by atoms with E-state index in [4.69, 9.17) is 19.9 Å². The third-order valence-electron chi connectivity index (χ3n) is 2.63. The Labute approximate surface area is 95.3 Å². The predicted molar refractivity (Wildman–Crippen MR) is 60.7 cm³/mol. The lowest BCUT2D eigenvalue weighted by atomic mass is 10.0. The second-order valence-electron chi connectivity index (χ2n) is 3.79. The summed E-state index contributed by atoms with van der Waals surface area (Å²) in [6.45, 7) is 1.58. The molecule has 0 aliphatic carbocycles. The first kappa shape index (κ1) is 11.2. The van der Waals surface area contributed by atoms with Gasteiger partial charge in [-0.2, -0.15) is 0 Å². The molecule has 0 bridgehead atoms. The maximum absolute atomic E-state index is 5.50. The Bertz CT molecular complexity index is 348. The van der Waals surface area contributed by atoms with Crippen molar-refractivity contribution in [2.75, 3.05) is 20.4 Å². The highest BCUT2D eigenvalue weighted by Crippen LogP contribution is 2.35. The molecule has 2 N–H and O–H groups in total. The molecule has 0 saturated carbocycles. The molecule has 0 unspecified atom stereocenters. The first-order valence-electron chi connectivity index (χ1n) is 5.45. The molecule has 1 aromatic carbocycles. The van der Waals surface area contributed by atoms with Crippen molar-refractivity contribution in [3.8, 4) is 11.5 Å². The Balaban J connectivity index is 2.28. The summed E-state index contributed by atoms with van der Waals surface area (Å²) in [7, 11) is 1.65. The molecule has 0 fully saturated rings. The maximum atomic E-state index is 5.50. The van der Waals surface area contributed by atoms with E-state index in [9.17, 15) is 0 Å². The fraction of sp³-hybridized carbons (Fsp3) is 0.500. The summed E-state index contributed by atoms with van der Waals surface area (Å²) < 4.78 is 16.0. The molecule has 0 amide bonds. The SMILES string of the molecule is COc1cc(CCCN)cc2c1OCOC2. The highest BCUT2D eigenvalue weighted by Gasteiger charge is 2.16. The van der Waals surface area contributed by atoms with Gasteiger partial charge in [-0.05, 0) is 37.1 Å². The van der Waals surface area contributed by atoms with Crippen LogP contribution in [-0.2, 0) is 17.8 Å². The third kappa shape index (κ3) is 2.28. The van der Waals surface area contributed by atoms with E-state index in [0.29, 0.717) is 19.9 Å². The number of nitrogens with two attached hydrogens (primary N) is 1. The first-order chi connectivity index (χ1) is 7.85. The lowest BCUT2D eigenvalue weighted by Crippen LogP contribution is -2.13. The van der Waals surface area contributed by atoms with E-state index in [-0.39, 0.29) is 0 Å². The van der Waals surface area contributed by atoms with Gasteiger partial charge in [0.1, 0.15) is 0 Å². The predicted octanol–water partition coefficient (Wildman–Crippen LogP) is 1.45. The summed E-state index contributed by atoms with van der Waals surface area (Å²) in [6, 6.07) is 4.12. The van der Waals surface area contributed by atoms with Crippen molar-refractivity contribution in [1.82, 2.24) is 0 Å². The molecule has 2 rings (SSSR count). The molecule has 1 aromatic rings. The molecule has 1 aliphatic rings. The van der Waals surface area contributed by atoms with Crippen LogP contribution in [0.15, 0.2) is 12.1 Å². The van der Waals surface area contributed by atoms with Gasteiger partial charge in [-0.1, -0.05) is 0 Å². The summed E-state index contributed by atoms with van der Waals surface area (Å²) in [6.07, 6.45) is 1.93. The van der Waals surface area contributed by atoms with Crippen molar-refractivity contribution < 1.29 is 14.2 Å². The quantitative estimate of drug-likeness (QED) is 0.839. The molecule has 88 valence electrons. The average Bonchev–Trinajstić information content (AvgIpc) is 2.35. The minimum Gasteiger partial charge on any atom is -0.493 e. The van der Waals surface area contributed by atoms with Gasteiger partial charge in [0.2, 0.25) is 0 Å². The van der Waals surface area contributed by atoms with Gasteiger partial charge < -0.3 is 19.9 Å². The zero-order valence-corrected chi connectivity index (χ0v) is 9.49. The lowest BCUT2D eigenvalue weighted by molar-refractivity contribution is -0.0180. The van der Waals surface area contributed by atoms with E-state index in [2.05, 4.69) is 6.07 Å². The van der Waals surface area contributed by atoms with Gasteiger partial charge in [-0.3, -0.25) is 0 Å². The Morgan fingerprint density at radius 1 is 1.44 bits per heavy atom. The molecule has 0 spiro atoms. The second kappa shape index (κ2) is 5.18. The van der Waals surface area contributed by atoms with Gasteiger partial charge in [0.15, 0.2) is 18.3 Å². The van der Waals surface area contributed by atoms with E-state index in [1.54, 1.807) is 7.11 Å². The molecule has 0 aromatic heterocycles. The lowest BCUT2D eigenvalue weighted by Gasteiger charge is -2.21. The second-order valence-corrected chi connectivity index (χ2v) is 3.79. The monoisotopic (exact) mass is 223 g/mol. The normalized spacial score (nSPS) is 14.1. The molecule has 4 heteroatoms. The molecule has 16 heavy (non-hydrogen) atoms. The van der Waals surface area contributed by atoms with Gasteiger partial charge in [0.25, 0.3) is 0 Å². The molecule has 0 radical (unpaired) electrons. The number of benzene rings is 1. The minimum atomic E-state index is 0.297. The van der Waals surface area contributed by atoms with Crippen LogP contribution in [0.4, 0.5) is 0 Å². The number of rotatable bonds is 4. The molecule has 1 heterocycles. The van der Waals surface area contributed by atoms with Crippen LogP contribution in [0, 0.1) is 0 Å². The van der Waals surface area contributed by atoms with Crippen molar-refractivity contribution >= 4 is 0 Å². The van der Waals surface area contributed by atoms with Crippen molar-refractivity contribution in [1.29, 1.82) is 0 Å². The van der Waals surface area contributed by atoms with Crippen LogP contribution in [0.3, 0.4) is 0 Å². The molecule has 0 saturated heterocycles. The van der Waals surface area contributed by atoms with Gasteiger partial charge >= 0.3 is 0 Å². The molecular formula is C12H17NO3. The highest BCUT2D eigenvalue weighted by molar-refractivity contribution is 5.49. The van der Waals surface area contributed by atoms with E-state index in [1.165, 1.54) is 5.56 Å². The van der Waals surface area contributed by atoms with E-state index < -0.39 is 0 Å². The van der Waals surface area contributed by atoms with Gasteiger partial charge in [-0.25, -0.2) is 0 Å². The van der Waals surface area contributed by atoms with Crippen molar-refractivity contribution in [2.24, 2.45) is 5.73 Å². The standard InChI is InChI=1S/C12H17NO3/c1-14-11-6-9(3-2-4-13)5-10-7-15-8-16-12(10)11/h5-6H,2-4,7-8,13H2,1H3. The average molecular weight is 223 g/mol. The van der Waals surface area contributed by atoms with Crippen molar-refractivity contribution in [3.63, 3.8) is 0 Å². The molecular weight excluding hydrogens is 206 g/mol. The number of hydrogen-bond donors (Lipinski definition) is 1. The van der Waals surface area contributed by atoms with Crippen molar-refractivity contribution in [3.05, 3.63) is 23.3 Å². The van der Waals surface area contributed by atoms with E-state index in [0.717, 1.165) is 29.9 Å². The number of methoxy groups -OCH3 is 1. The highest BCUT2D eigenvalue weighted by atomic mass is 16.7. The van der Waals surface area contributed by atoms with Gasteiger partial charge in [0.05, 0.1) is 13.7 Å². The summed E-state index contributed by atoms with van der Waals surface area (Å²) in [5.41, 5.74) is 7.78. The minimum absolute atomic E-state index is 0.297. The third-order valence-corrected chi connectivity index (χ3v) is 2.63. The smallest absolute Gasteiger partial charge is 0.189 e. The summed E-state index contributed by atoms with van der Waals surface area (Å²) in [4.78, 5) is 0. The topological polar surface area (TPSA) is 53.7 Å². The maximum Gasteiger partial charge on any atom is 0.189 e. The van der Waals surface area contributed by atoms with Crippen LogP contribution in [0.1, 0.15) is 17.5 Å². The Kier molecular flexibility index (Phi) is 3.64. The van der Waals surface area contributed by atoms with Gasteiger partial charge in [0, 0.05) is 5.56 Å². The Morgan fingerprint density at radius 3 is 3.06 bits per heavy atom. The van der Waals surface area contributed by atoms with E-state index >= 15 is 0 Å². The number of ether oxygens (including phenoxy) is 3. The van der Waals surface area contributed by atoms with Crippen LogP contribution in [0.5, 0.6) is 11.5 Å². The fourth-order valence-corrected chi connectivity index (χ4v) is 1.85. The van der Waals surface area contributed by atoms with Crippen LogP contribution in [-0.4, -0.2) is 20.4 Å². The van der Waals surface area contributed by atoms with Crippen LogP contribution >= 0.6 is 0 Å². The summed E-state index contributed by atoms with van der Waals surface area (Å²) >= 11 is 0. The fourth-order valence-electron chi connectivity index (χ4n) is 1.85. The Morgan fingerprint density at radius 2 is 2.31 bits per heavy atom. The first-order valence-corrected chi connectivity index (χ1v) is 5.45. The summed E-state index contributed by atoms with van der Waals surface area (Å²) in [5.74, 6) is 1.60. The molecule has 0 atom stereocenters. The van der Waals surface area contributed by atoms with E-state index in [1.807, 2.05) is 6.07 Å². The largest absolute Gasteiger partial charge is 0.493 e. The Hall–Kier alpha value is -1.26. The summed E-state index contributed by atoms with van der Waals surface area (Å²) in [5, 5.41) is 0. The van der Waals surface area contributed by atoms with Crippen LogP contribution < -0.4 is 15.2 Å². The number of aryl methyl sites for hydroxylation is 1. The van der Waals surface area contributed by atoms with Crippen molar-refractivity contribution in [2.45, 2.75) is 19.4 Å². The molecule has 4 nitrogen and oxygen atoms in total. The van der Waals surface area contributed by atoms with Crippen LogP contribution in [0.2, 0.25) is 0 Å². The van der Waals surface area contributed by atoms with Crippen LogP contribution in [0.25, 0.3) is 0 Å². The van der Waals surface area contributed by atoms with Gasteiger partial charge in [-0.15, -0.1) is 0 Å².